The number of carbonyl (C=O) groups is 1. The van der Waals surface area contributed by atoms with Crippen LogP contribution < -0.4 is 4.72 Å². The molecule has 1 amide bonds. The summed E-state index contributed by atoms with van der Waals surface area (Å²) in [6.45, 7) is 1.43. The highest BCUT2D eigenvalue weighted by Crippen LogP contribution is 2.35. The SMILES string of the molecule is O=C(Cc1sccc1NS(=O)(=O)c1c(Cl)cc(Cl)cc1Cl)N1CCSCC1. The Hall–Kier alpha value is -0.640. The second-order valence-corrected chi connectivity index (χ2v) is 10.8. The Kier molecular flexibility index (Phi) is 6.87. The lowest BCUT2D eigenvalue weighted by atomic mass is 10.2. The molecule has 1 N–H and O–H groups in total. The molecule has 5 nitrogen and oxygen atoms in total. The van der Waals surface area contributed by atoms with Crippen LogP contribution in [0.25, 0.3) is 0 Å². The molecule has 1 aromatic heterocycles. The number of benzene rings is 1. The van der Waals surface area contributed by atoms with Crippen molar-refractivity contribution in [3.05, 3.63) is 43.5 Å². The fourth-order valence-electron chi connectivity index (χ4n) is 2.61. The first-order chi connectivity index (χ1) is 12.8. The van der Waals surface area contributed by atoms with Crippen molar-refractivity contribution >= 4 is 79.5 Å². The van der Waals surface area contributed by atoms with Crippen molar-refractivity contribution < 1.29 is 13.2 Å². The summed E-state index contributed by atoms with van der Waals surface area (Å²) in [5.74, 6) is 1.83. The van der Waals surface area contributed by atoms with Gasteiger partial charge in [0.1, 0.15) is 4.90 Å². The lowest BCUT2D eigenvalue weighted by molar-refractivity contribution is -0.130. The molecule has 3 rings (SSSR count). The monoisotopic (exact) mass is 484 g/mol. The van der Waals surface area contributed by atoms with Gasteiger partial charge in [0.05, 0.1) is 22.2 Å². The minimum Gasteiger partial charge on any atom is -0.341 e. The molecule has 1 aliphatic rings. The second-order valence-electron chi connectivity index (χ2n) is 5.73. The maximum absolute atomic E-state index is 12.8. The van der Waals surface area contributed by atoms with Gasteiger partial charge in [0, 0.05) is 34.5 Å². The number of thiophene rings is 1. The van der Waals surface area contributed by atoms with E-state index in [0.29, 0.717) is 23.7 Å². The molecule has 1 saturated heterocycles. The third kappa shape index (κ3) is 5.05. The van der Waals surface area contributed by atoms with Crippen molar-refractivity contribution in [2.45, 2.75) is 11.3 Å². The van der Waals surface area contributed by atoms with Gasteiger partial charge < -0.3 is 4.90 Å². The number of hydrogen-bond donors (Lipinski definition) is 1. The summed E-state index contributed by atoms with van der Waals surface area (Å²) in [5.41, 5.74) is 0.349. The summed E-state index contributed by atoms with van der Waals surface area (Å²) >= 11 is 21.1. The van der Waals surface area contributed by atoms with Crippen molar-refractivity contribution in [1.29, 1.82) is 0 Å². The predicted molar refractivity (Wildman–Crippen MR) is 114 cm³/mol. The van der Waals surface area contributed by atoms with Crippen LogP contribution in [0.5, 0.6) is 0 Å². The molecule has 0 unspecified atom stereocenters. The van der Waals surface area contributed by atoms with Crippen LogP contribution in [0.3, 0.4) is 0 Å². The third-order valence-electron chi connectivity index (χ3n) is 3.90. The zero-order chi connectivity index (χ0) is 19.6. The van der Waals surface area contributed by atoms with E-state index in [1.165, 1.54) is 23.5 Å². The molecule has 1 aliphatic heterocycles. The normalized spacial score (nSPS) is 15.0. The lowest BCUT2D eigenvalue weighted by Gasteiger charge is -2.26. The molecular formula is C16H15Cl3N2O3S3. The lowest BCUT2D eigenvalue weighted by Crippen LogP contribution is -2.38. The summed E-state index contributed by atoms with van der Waals surface area (Å²) < 4.78 is 28.0. The summed E-state index contributed by atoms with van der Waals surface area (Å²) in [5, 5.41) is 1.83. The second kappa shape index (κ2) is 8.80. The number of halogens is 3. The van der Waals surface area contributed by atoms with E-state index in [1.807, 2.05) is 11.8 Å². The maximum atomic E-state index is 12.8. The van der Waals surface area contributed by atoms with E-state index < -0.39 is 10.0 Å². The van der Waals surface area contributed by atoms with Crippen molar-refractivity contribution in [2.75, 3.05) is 29.3 Å². The number of carbonyl (C=O) groups excluding carboxylic acids is 1. The van der Waals surface area contributed by atoms with Gasteiger partial charge in [0.15, 0.2) is 0 Å². The number of anilines is 1. The number of nitrogens with zero attached hydrogens (tertiary/aromatic N) is 1. The Morgan fingerprint density at radius 2 is 1.78 bits per heavy atom. The molecule has 2 aromatic rings. The first-order valence-corrected chi connectivity index (χ1v) is 12.5. The van der Waals surface area contributed by atoms with Crippen molar-refractivity contribution in [1.82, 2.24) is 4.90 Å². The molecule has 11 heteroatoms. The highest BCUT2D eigenvalue weighted by atomic mass is 35.5. The van der Waals surface area contributed by atoms with Crippen molar-refractivity contribution in [3.63, 3.8) is 0 Å². The zero-order valence-electron chi connectivity index (χ0n) is 13.9. The Labute approximate surface area is 181 Å². The van der Waals surface area contributed by atoms with E-state index in [1.54, 1.807) is 16.3 Å². The van der Waals surface area contributed by atoms with Gasteiger partial charge in [-0.2, -0.15) is 11.8 Å². The zero-order valence-corrected chi connectivity index (χ0v) is 18.6. The van der Waals surface area contributed by atoms with Gasteiger partial charge in [-0.25, -0.2) is 8.42 Å². The summed E-state index contributed by atoms with van der Waals surface area (Å²) in [7, 11) is -4.04. The standard InChI is InChI=1S/C16H15Cl3N2O3S3/c17-10-7-11(18)16(12(19)8-10)27(23,24)20-13-1-4-26-14(13)9-15(22)21-2-5-25-6-3-21/h1,4,7-8,20H,2-3,5-6,9H2. The Balaban J connectivity index is 1.81. The highest BCUT2D eigenvalue weighted by Gasteiger charge is 2.25. The molecular weight excluding hydrogens is 471 g/mol. The number of rotatable bonds is 5. The van der Waals surface area contributed by atoms with Gasteiger partial charge in [-0.3, -0.25) is 9.52 Å². The topological polar surface area (TPSA) is 66.5 Å². The Morgan fingerprint density at radius 1 is 1.15 bits per heavy atom. The molecule has 1 fully saturated rings. The number of hydrogen-bond acceptors (Lipinski definition) is 5. The molecule has 146 valence electrons. The van der Waals surface area contributed by atoms with Crippen LogP contribution in [0.4, 0.5) is 5.69 Å². The maximum Gasteiger partial charge on any atom is 0.264 e. The van der Waals surface area contributed by atoms with Crippen LogP contribution in [0.15, 0.2) is 28.5 Å². The van der Waals surface area contributed by atoms with E-state index in [4.69, 9.17) is 34.8 Å². The van der Waals surface area contributed by atoms with Crippen LogP contribution in [0.2, 0.25) is 15.1 Å². The van der Waals surface area contributed by atoms with Crippen LogP contribution in [-0.4, -0.2) is 43.8 Å². The molecule has 1 aromatic carbocycles. The van der Waals surface area contributed by atoms with E-state index in [-0.39, 0.29) is 32.3 Å². The van der Waals surface area contributed by atoms with E-state index in [0.717, 1.165) is 11.5 Å². The number of amides is 1. The van der Waals surface area contributed by atoms with E-state index in [9.17, 15) is 13.2 Å². The third-order valence-corrected chi connectivity index (χ3v) is 8.26. The Morgan fingerprint density at radius 3 is 2.41 bits per heavy atom. The van der Waals surface area contributed by atoms with Gasteiger partial charge in [-0.15, -0.1) is 11.3 Å². The van der Waals surface area contributed by atoms with Crippen LogP contribution in [0, 0.1) is 0 Å². The average molecular weight is 486 g/mol. The van der Waals surface area contributed by atoms with Gasteiger partial charge in [-0.05, 0) is 23.6 Å². The first kappa shape index (κ1) is 21.1. The predicted octanol–water partition coefficient (Wildman–Crippen LogP) is 4.63. The van der Waals surface area contributed by atoms with Crippen LogP contribution in [-0.2, 0) is 21.2 Å². The minimum absolute atomic E-state index is 0.0132. The van der Waals surface area contributed by atoms with Gasteiger partial charge in [-0.1, -0.05) is 34.8 Å². The van der Waals surface area contributed by atoms with Crippen molar-refractivity contribution in [2.24, 2.45) is 0 Å². The number of thioether (sulfide) groups is 1. The largest absolute Gasteiger partial charge is 0.341 e. The van der Waals surface area contributed by atoms with Crippen molar-refractivity contribution in [3.8, 4) is 0 Å². The van der Waals surface area contributed by atoms with Crippen LogP contribution >= 0.6 is 57.9 Å². The minimum atomic E-state index is -4.04. The number of sulfonamides is 1. The van der Waals surface area contributed by atoms with Gasteiger partial charge in [0.2, 0.25) is 5.91 Å². The average Bonchev–Trinajstić information content (AvgIpc) is 3.00. The molecule has 0 saturated carbocycles. The van der Waals surface area contributed by atoms with Crippen LogP contribution in [0.1, 0.15) is 4.88 Å². The first-order valence-electron chi connectivity index (χ1n) is 7.87. The molecule has 0 aliphatic carbocycles. The van der Waals surface area contributed by atoms with E-state index >= 15 is 0 Å². The quantitative estimate of drug-likeness (QED) is 0.671. The smallest absolute Gasteiger partial charge is 0.264 e. The summed E-state index contributed by atoms with van der Waals surface area (Å²) in [6.07, 6.45) is 0.141. The molecule has 0 bridgehead atoms. The fourth-order valence-corrected chi connectivity index (χ4v) is 7.04. The highest BCUT2D eigenvalue weighted by molar-refractivity contribution is 7.99. The summed E-state index contributed by atoms with van der Waals surface area (Å²) in [4.78, 5) is 14.7. The van der Waals surface area contributed by atoms with E-state index in [2.05, 4.69) is 4.72 Å². The number of nitrogens with one attached hydrogen (secondary N) is 1. The molecule has 0 spiro atoms. The molecule has 2 heterocycles. The molecule has 27 heavy (non-hydrogen) atoms. The Bertz CT molecular complexity index is 934. The van der Waals surface area contributed by atoms with Gasteiger partial charge >= 0.3 is 0 Å². The molecule has 0 atom stereocenters. The fraction of sp³-hybridized carbons (Fsp3) is 0.312. The summed E-state index contributed by atoms with van der Waals surface area (Å²) in [6, 6.07) is 4.25. The van der Waals surface area contributed by atoms with Gasteiger partial charge in [0.25, 0.3) is 10.0 Å². The molecule has 0 radical (unpaired) electrons.